The Bertz CT molecular complexity index is 1060. The van der Waals surface area contributed by atoms with Gasteiger partial charge >= 0.3 is 0 Å². The van der Waals surface area contributed by atoms with Crippen LogP contribution >= 0.6 is 11.6 Å². The van der Waals surface area contributed by atoms with Gasteiger partial charge in [0.05, 0.1) is 17.1 Å². The first-order chi connectivity index (χ1) is 14.3. The Morgan fingerprint density at radius 1 is 1.10 bits per heavy atom. The highest BCUT2D eigenvalue weighted by atomic mass is 35.5. The zero-order chi connectivity index (χ0) is 23.0. The third-order valence-electron chi connectivity index (χ3n) is 4.86. The first kappa shape index (κ1) is 23.4. The predicted octanol–water partition coefficient (Wildman–Crippen LogP) is 4.63. The fourth-order valence-electron chi connectivity index (χ4n) is 4.08. The summed E-state index contributed by atoms with van der Waals surface area (Å²) in [6, 6.07) is 12.8. The van der Waals surface area contributed by atoms with E-state index in [0.29, 0.717) is 16.5 Å². The lowest BCUT2D eigenvalue weighted by atomic mass is 9.81. The molecule has 1 aliphatic rings. The van der Waals surface area contributed by atoms with Crippen LogP contribution in [0, 0.1) is 5.41 Å². The summed E-state index contributed by atoms with van der Waals surface area (Å²) in [4.78, 5) is 13.2. The number of amides is 1. The lowest BCUT2D eigenvalue weighted by Gasteiger charge is -2.38. The number of carbonyl (C=O) groups excluding carboxylic acids is 1. The van der Waals surface area contributed by atoms with E-state index >= 15 is 0 Å². The average Bonchev–Trinajstić information content (AvgIpc) is 2.65. The number of fused-ring (bicyclic) bond motifs is 1. The molecule has 3 rings (SSSR count). The number of hydrogen-bond acceptors (Lipinski definition) is 4. The second-order valence-electron chi connectivity index (χ2n) is 9.67. The van der Waals surface area contributed by atoms with Crippen LogP contribution in [-0.4, -0.2) is 32.5 Å². The number of rotatable bonds is 5. The molecule has 2 aromatic rings. The molecule has 1 N–H and O–H groups in total. The van der Waals surface area contributed by atoms with Crippen LogP contribution in [0.4, 0.5) is 5.69 Å². The van der Waals surface area contributed by atoms with Crippen LogP contribution in [0.15, 0.2) is 53.4 Å². The standard InChI is InChI=1S/C23H29ClN2O4S/c1-22(2,3)15-23(4,5)25-21(27)20-14-26(18-8-6-7-9-19(18)30-20)31(28,29)17-12-10-16(24)11-13-17/h6-13,20H,14-15H2,1-5H3,(H,25,27)/t20-/m1/s1. The van der Waals surface area contributed by atoms with E-state index in [1.165, 1.54) is 28.6 Å². The quantitative estimate of drug-likeness (QED) is 0.700. The van der Waals surface area contributed by atoms with Gasteiger partial charge in [0, 0.05) is 10.6 Å². The van der Waals surface area contributed by atoms with E-state index in [-0.39, 0.29) is 22.8 Å². The molecule has 0 aromatic heterocycles. The summed E-state index contributed by atoms with van der Waals surface area (Å²) in [6.07, 6.45) is -0.224. The van der Waals surface area contributed by atoms with Crippen molar-refractivity contribution in [2.45, 2.75) is 57.6 Å². The van der Waals surface area contributed by atoms with Crippen LogP contribution in [0.3, 0.4) is 0 Å². The number of hydrogen-bond donors (Lipinski definition) is 1. The van der Waals surface area contributed by atoms with Crippen LogP contribution in [0.2, 0.25) is 5.02 Å². The number of carbonyl (C=O) groups is 1. The monoisotopic (exact) mass is 464 g/mol. The first-order valence-electron chi connectivity index (χ1n) is 10.1. The van der Waals surface area contributed by atoms with Gasteiger partial charge in [-0.25, -0.2) is 8.42 Å². The van der Waals surface area contributed by atoms with Crippen molar-refractivity contribution < 1.29 is 17.9 Å². The van der Waals surface area contributed by atoms with E-state index in [2.05, 4.69) is 26.1 Å². The largest absolute Gasteiger partial charge is 0.476 e. The number of nitrogens with zero attached hydrogens (tertiary/aromatic N) is 1. The molecule has 0 saturated carbocycles. The molecule has 0 saturated heterocycles. The van der Waals surface area contributed by atoms with Gasteiger partial charge in [-0.2, -0.15) is 0 Å². The van der Waals surface area contributed by atoms with E-state index in [9.17, 15) is 13.2 Å². The van der Waals surface area contributed by atoms with Crippen molar-refractivity contribution in [1.82, 2.24) is 5.32 Å². The molecule has 0 unspecified atom stereocenters. The first-order valence-corrected chi connectivity index (χ1v) is 12.0. The zero-order valence-electron chi connectivity index (χ0n) is 18.5. The molecule has 1 heterocycles. The summed E-state index contributed by atoms with van der Waals surface area (Å²) in [6.45, 7) is 10.1. The lowest BCUT2D eigenvalue weighted by Crippen LogP contribution is -2.55. The minimum absolute atomic E-state index is 0.0146. The van der Waals surface area contributed by atoms with Crippen LogP contribution in [-0.2, 0) is 14.8 Å². The van der Waals surface area contributed by atoms with Crippen molar-refractivity contribution >= 4 is 33.2 Å². The molecule has 168 valence electrons. The lowest BCUT2D eigenvalue weighted by molar-refractivity contribution is -0.129. The van der Waals surface area contributed by atoms with E-state index in [1.54, 1.807) is 24.3 Å². The molecule has 6 nitrogen and oxygen atoms in total. The molecule has 1 aliphatic heterocycles. The van der Waals surface area contributed by atoms with Gasteiger partial charge in [-0.1, -0.05) is 44.5 Å². The minimum Gasteiger partial charge on any atom is -0.476 e. The third kappa shape index (κ3) is 5.52. The summed E-state index contributed by atoms with van der Waals surface area (Å²) in [7, 11) is -3.92. The fourth-order valence-corrected chi connectivity index (χ4v) is 5.69. The van der Waals surface area contributed by atoms with Gasteiger partial charge < -0.3 is 10.1 Å². The maximum absolute atomic E-state index is 13.4. The average molecular weight is 465 g/mol. The van der Waals surface area contributed by atoms with Gasteiger partial charge in [0.15, 0.2) is 6.10 Å². The number of para-hydroxylation sites is 2. The van der Waals surface area contributed by atoms with Gasteiger partial charge in [-0.3, -0.25) is 9.10 Å². The highest BCUT2D eigenvalue weighted by molar-refractivity contribution is 7.92. The van der Waals surface area contributed by atoms with Crippen LogP contribution in [0.5, 0.6) is 5.75 Å². The fraction of sp³-hybridized carbons (Fsp3) is 0.435. The van der Waals surface area contributed by atoms with E-state index in [0.717, 1.165) is 6.42 Å². The number of anilines is 1. The molecule has 0 aliphatic carbocycles. The van der Waals surface area contributed by atoms with Crippen molar-refractivity contribution in [3.8, 4) is 5.75 Å². The van der Waals surface area contributed by atoms with Gasteiger partial charge in [0.1, 0.15) is 5.75 Å². The van der Waals surface area contributed by atoms with Crippen molar-refractivity contribution in [2.24, 2.45) is 5.41 Å². The van der Waals surface area contributed by atoms with Gasteiger partial charge in [0.2, 0.25) is 0 Å². The molecule has 0 radical (unpaired) electrons. The van der Waals surface area contributed by atoms with Crippen molar-refractivity contribution in [3.05, 3.63) is 53.6 Å². The van der Waals surface area contributed by atoms with Crippen molar-refractivity contribution in [1.29, 1.82) is 0 Å². The molecule has 0 bridgehead atoms. The van der Waals surface area contributed by atoms with Crippen LogP contribution < -0.4 is 14.4 Å². The summed E-state index contributed by atoms with van der Waals surface area (Å²) >= 11 is 5.92. The molecule has 1 atom stereocenters. The topological polar surface area (TPSA) is 75.7 Å². The van der Waals surface area contributed by atoms with E-state index in [4.69, 9.17) is 16.3 Å². The number of sulfonamides is 1. The van der Waals surface area contributed by atoms with Crippen LogP contribution in [0.25, 0.3) is 0 Å². The van der Waals surface area contributed by atoms with Crippen molar-refractivity contribution in [2.75, 3.05) is 10.8 Å². The Labute approximate surface area is 189 Å². The Morgan fingerprint density at radius 2 is 1.71 bits per heavy atom. The molecular weight excluding hydrogens is 436 g/mol. The maximum atomic E-state index is 13.4. The second kappa shape index (κ2) is 8.36. The molecule has 31 heavy (non-hydrogen) atoms. The van der Waals surface area contributed by atoms with Crippen LogP contribution in [0.1, 0.15) is 41.0 Å². The Hall–Kier alpha value is -2.25. The molecule has 8 heteroatoms. The zero-order valence-corrected chi connectivity index (χ0v) is 20.0. The highest BCUT2D eigenvalue weighted by Crippen LogP contribution is 2.37. The third-order valence-corrected chi connectivity index (χ3v) is 6.91. The van der Waals surface area contributed by atoms with Gasteiger partial charge in [-0.15, -0.1) is 0 Å². The number of ether oxygens (including phenoxy) is 1. The highest BCUT2D eigenvalue weighted by Gasteiger charge is 2.39. The van der Waals surface area contributed by atoms with Gasteiger partial charge in [0.25, 0.3) is 15.9 Å². The molecule has 0 fully saturated rings. The molecule has 1 amide bonds. The summed E-state index contributed by atoms with van der Waals surface area (Å²) in [5.74, 6) is 0.000116. The summed E-state index contributed by atoms with van der Waals surface area (Å²) in [5, 5.41) is 3.47. The van der Waals surface area contributed by atoms with Crippen molar-refractivity contribution in [3.63, 3.8) is 0 Å². The summed E-state index contributed by atoms with van der Waals surface area (Å²) < 4.78 is 33.9. The summed E-state index contributed by atoms with van der Waals surface area (Å²) in [5.41, 5.74) is -0.0634. The Morgan fingerprint density at radius 3 is 2.32 bits per heavy atom. The smallest absolute Gasteiger partial charge is 0.264 e. The van der Waals surface area contributed by atoms with E-state index < -0.39 is 21.7 Å². The Kier molecular flexibility index (Phi) is 6.31. The normalized spacial score (nSPS) is 17.0. The SMILES string of the molecule is CC(C)(C)CC(C)(C)NC(=O)[C@H]1CN(S(=O)(=O)c2ccc(Cl)cc2)c2ccccc2O1. The maximum Gasteiger partial charge on any atom is 0.264 e. The van der Waals surface area contributed by atoms with Gasteiger partial charge in [-0.05, 0) is 62.1 Å². The molecule has 2 aromatic carbocycles. The number of benzene rings is 2. The minimum atomic E-state index is -3.92. The van der Waals surface area contributed by atoms with E-state index in [1.807, 2.05) is 13.8 Å². The second-order valence-corrected chi connectivity index (χ2v) is 12.0. The Balaban J connectivity index is 1.91. The molecule has 0 spiro atoms. The number of nitrogens with one attached hydrogen (secondary N) is 1. The number of halogens is 1. The molecular formula is C23H29ClN2O4S. The predicted molar refractivity (Wildman–Crippen MR) is 123 cm³/mol.